The molecule has 0 saturated carbocycles. The number of hydrogen-bond donors (Lipinski definition) is 3. The Morgan fingerprint density at radius 2 is 1.51 bits per heavy atom. The standard InChI is InChI=1S/C23H21N5O3.2C2HF3O2/c1-2-4-20-19(3-1)30-14-21(31-20)22-26-18-6-5-15(16-12-24-25-13-16)11-17(18)23(27-22)28-7-9-29-10-8-28;2*3-2(4,5)1(6)7/h1-6,11-13,21H,7-10,14H2,(H,24,25);2*(H,6,7). The number of nitrogens with one attached hydrogen (secondary N) is 1. The number of anilines is 1. The molecule has 1 atom stereocenters. The molecule has 4 heterocycles. The van der Waals surface area contributed by atoms with Crippen LogP contribution in [0.5, 0.6) is 11.5 Å². The number of rotatable bonds is 3. The highest BCUT2D eigenvalue weighted by atomic mass is 19.4. The smallest absolute Gasteiger partial charge is 0.485 e. The van der Waals surface area contributed by atoms with E-state index < -0.39 is 24.3 Å². The van der Waals surface area contributed by atoms with Crippen molar-refractivity contribution in [3.05, 3.63) is 60.7 Å². The van der Waals surface area contributed by atoms with E-state index in [2.05, 4.69) is 27.2 Å². The summed E-state index contributed by atoms with van der Waals surface area (Å²) < 4.78 is 81.1. The molecule has 0 radical (unpaired) electrons. The van der Waals surface area contributed by atoms with Crippen LogP contribution >= 0.6 is 0 Å². The zero-order chi connectivity index (χ0) is 32.8. The van der Waals surface area contributed by atoms with Gasteiger partial charge in [0, 0.05) is 30.2 Å². The highest BCUT2D eigenvalue weighted by molar-refractivity contribution is 5.93. The molecule has 3 N–H and O–H groups in total. The molecule has 1 fully saturated rings. The topological polar surface area (TPSA) is 160 Å². The van der Waals surface area contributed by atoms with Crippen molar-refractivity contribution in [2.45, 2.75) is 18.5 Å². The van der Waals surface area contributed by atoms with E-state index >= 15 is 0 Å². The number of hydrogen-bond acceptors (Lipinski definition) is 9. The molecule has 4 aromatic rings. The summed E-state index contributed by atoms with van der Waals surface area (Å²) in [5.74, 6) is -2.53. The number of halogens is 6. The van der Waals surface area contributed by atoms with Gasteiger partial charge in [0.15, 0.2) is 23.4 Å². The van der Waals surface area contributed by atoms with Gasteiger partial charge in [0.25, 0.3) is 0 Å². The third-order valence-corrected chi connectivity index (χ3v) is 6.12. The molecule has 1 unspecified atom stereocenters. The fourth-order valence-electron chi connectivity index (χ4n) is 4.03. The lowest BCUT2D eigenvalue weighted by Crippen LogP contribution is -2.37. The van der Waals surface area contributed by atoms with E-state index in [4.69, 9.17) is 44.0 Å². The van der Waals surface area contributed by atoms with Crippen LogP contribution in [0, 0.1) is 0 Å². The molecule has 45 heavy (non-hydrogen) atoms. The molecule has 0 spiro atoms. The molecule has 0 amide bonds. The molecule has 2 aliphatic rings. The normalized spacial score (nSPS) is 16.1. The van der Waals surface area contributed by atoms with Crippen LogP contribution in [-0.4, -0.2) is 87.6 Å². The van der Waals surface area contributed by atoms with Gasteiger partial charge < -0.3 is 29.3 Å². The molecule has 2 aromatic carbocycles. The van der Waals surface area contributed by atoms with Crippen molar-refractivity contribution in [3.63, 3.8) is 0 Å². The summed E-state index contributed by atoms with van der Waals surface area (Å²) in [5, 5.41) is 22.2. The van der Waals surface area contributed by atoms with Crippen molar-refractivity contribution in [2.75, 3.05) is 37.8 Å². The number of carboxylic acid groups (broad SMARTS) is 2. The summed E-state index contributed by atoms with van der Waals surface area (Å²) in [4.78, 5) is 29.9. The number of benzene rings is 2. The van der Waals surface area contributed by atoms with Gasteiger partial charge in [-0.2, -0.15) is 31.4 Å². The number of para-hydroxylation sites is 2. The first-order valence-corrected chi connectivity index (χ1v) is 12.9. The van der Waals surface area contributed by atoms with Crippen molar-refractivity contribution >= 4 is 28.7 Å². The third-order valence-electron chi connectivity index (χ3n) is 6.12. The quantitative estimate of drug-likeness (QED) is 0.267. The lowest BCUT2D eigenvalue weighted by molar-refractivity contribution is -0.193. The van der Waals surface area contributed by atoms with E-state index in [-0.39, 0.29) is 6.10 Å². The summed E-state index contributed by atoms with van der Waals surface area (Å²) in [6.45, 7) is 3.30. The second-order valence-corrected chi connectivity index (χ2v) is 9.19. The Morgan fingerprint density at radius 1 is 0.889 bits per heavy atom. The average Bonchev–Trinajstić information content (AvgIpc) is 3.55. The van der Waals surface area contributed by atoms with E-state index in [1.807, 2.05) is 42.7 Å². The van der Waals surface area contributed by atoms with Crippen LogP contribution in [0.15, 0.2) is 54.9 Å². The maximum Gasteiger partial charge on any atom is 0.490 e. The van der Waals surface area contributed by atoms with Crippen molar-refractivity contribution in [1.29, 1.82) is 0 Å². The summed E-state index contributed by atoms with van der Waals surface area (Å²) in [6, 6.07) is 13.9. The van der Waals surface area contributed by atoms with Gasteiger partial charge in [-0.25, -0.2) is 19.6 Å². The Hall–Kier alpha value is -5.13. The van der Waals surface area contributed by atoms with Crippen molar-refractivity contribution in [1.82, 2.24) is 20.2 Å². The van der Waals surface area contributed by atoms with Gasteiger partial charge in [0.1, 0.15) is 12.4 Å². The predicted molar refractivity (Wildman–Crippen MR) is 143 cm³/mol. The Morgan fingerprint density at radius 3 is 2.09 bits per heavy atom. The summed E-state index contributed by atoms with van der Waals surface area (Å²) in [6.07, 6.45) is -6.84. The molecule has 0 bridgehead atoms. The summed E-state index contributed by atoms with van der Waals surface area (Å²) in [7, 11) is 0. The van der Waals surface area contributed by atoms with Crippen molar-refractivity contribution < 1.29 is 60.4 Å². The number of morpholine rings is 1. The number of aliphatic carboxylic acids is 2. The van der Waals surface area contributed by atoms with Gasteiger partial charge in [0.2, 0.25) is 0 Å². The molecule has 2 aliphatic heterocycles. The molecule has 2 aromatic heterocycles. The largest absolute Gasteiger partial charge is 0.490 e. The number of fused-ring (bicyclic) bond motifs is 2. The number of carbonyl (C=O) groups is 2. The van der Waals surface area contributed by atoms with Crippen LogP contribution in [-0.2, 0) is 14.3 Å². The first-order valence-electron chi connectivity index (χ1n) is 12.9. The van der Waals surface area contributed by atoms with Gasteiger partial charge >= 0.3 is 24.3 Å². The lowest BCUT2D eigenvalue weighted by atomic mass is 10.1. The monoisotopic (exact) mass is 643 g/mol. The van der Waals surface area contributed by atoms with Gasteiger partial charge in [-0.1, -0.05) is 18.2 Å². The molecular weight excluding hydrogens is 620 g/mol. The number of ether oxygens (including phenoxy) is 3. The molecule has 1 saturated heterocycles. The predicted octanol–water partition coefficient (Wildman–Crippen LogP) is 4.64. The minimum atomic E-state index is -5.08. The van der Waals surface area contributed by atoms with Crippen molar-refractivity contribution in [3.8, 4) is 22.6 Å². The minimum Gasteiger partial charge on any atom is -0.485 e. The zero-order valence-corrected chi connectivity index (χ0v) is 22.8. The summed E-state index contributed by atoms with van der Waals surface area (Å²) >= 11 is 0. The van der Waals surface area contributed by atoms with E-state index in [1.54, 1.807) is 0 Å². The fourth-order valence-corrected chi connectivity index (χ4v) is 4.03. The Labute approximate surface area is 249 Å². The number of H-pyrrole nitrogens is 1. The van der Waals surface area contributed by atoms with Gasteiger partial charge in [-0.05, 0) is 29.8 Å². The SMILES string of the molecule is O=C(O)C(F)(F)F.O=C(O)C(F)(F)F.c1ccc2c(c1)OCC(c1nc(N3CCOCC3)c3cc(-c4cn[nH]c4)ccc3n1)O2. The van der Waals surface area contributed by atoms with E-state index in [0.717, 1.165) is 46.7 Å². The maximum atomic E-state index is 10.6. The van der Waals surface area contributed by atoms with E-state index in [9.17, 15) is 26.3 Å². The van der Waals surface area contributed by atoms with Crippen LogP contribution in [0.25, 0.3) is 22.0 Å². The molecule has 6 rings (SSSR count). The highest BCUT2D eigenvalue weighted by Gasteiger charge is 2.39. The molecule has 18 heteroatoms. The van der Waals surface area contributed by atoms with Crippen LogP contribution < -0.4 is 14.4 Å². The molecule has 0 aliphatic carbocycles. The maximum absolute atomic E-state index is 10.6. The van der Waals surface area contributed by atoms with E-state index in [1.165, 1.54) is 0 Å². The number of aromatic amines is 1. The Balaban J connectivity index is 0.000000277. The lowest BCUT2D eigenvalue weighted by Gasteiger charge is -2.30. The van der Waals surface area contributed by atoms with E-state index in [0.29, 0.717) is 31.4 Å². The second-order valence-electron chi connectivity index (χ2n) is 9.19. The van der Waals surface area contributed by atoms with Crippen LogP contribution in [0.1, 0.15) is 11.9 Å². The summed E-state index contributed by atoms with van der Waals surface area (Å²) in [5.41, 5.74) is 2.97. The van der Waals surface area contributed by atoms with Crippen LogP contribution in [0.3, 0.4) is 0 Å². The molecule has 12 nitrogen and oxygen atoms in total. The number of alkyl halides is 6. The Kier molecular flexibility index (Phi) is 9.95. The fraction of sp³-hybridized carbons (Fsp3) is 0.296. The third kappa shape index (κ3) is 8.49. The molecular formula is C27H23F6N5O7. The molecule has 240 valence electrons. The number of nitrogens with zero attached hydrogens (tertiary/aromatic N) is 4. The van der Waals surface area contributed by atoms with Gasteiger partial charge in [-0.3, -0.25) is 5.10 Å². The number of carboxylic acids is 2. The van der Waals surface area contributed by atoms with Crippen LogP contribution in [0.2, 0.25) is 0 Å². The first-order chi connectivity index (χ1) is 21.2. The average molecular weight is 643 g/mol. The minimum absolute atomic E-state index is 0.368. The van der Waals surface area contributed by atoms with Crippen LogP contribution in [0.4, 0.5) is 32.2 Å². The first kappa shape index (κ1) is 32.8. The number of aromatic nitrogens is 4. The van der Waals surface area contributed by atoms with Crippen molar-refractivity contribution in [2.24, 2.45) is 0 Å². The van der Waals surface area contributed by atoms with Gasteiger partial charge in [0.05, 0.1) is 24.9 Å². The second kappa shape index (κ2) is 13.7. The highest BCUT2D eigenvalue weighted by Crippen LogP contribution is 2.37. The Bertz CT molecular complexity index is 1600. The van der Waals surface area contributed by atoms with Gasteiger partial charge in [-0.15, -0.1) is 0 Å². The zero-order valence-electron chi connectivity index (χ0n) is 22.8.